The summed E-state index contributed by atoms with van der Waals surface area (Å²) in [6.07, 6.45) is 4.82. The molecule has 0 aromatic heterocycles. The Hall–Kier alpha value is -5.02. The van der Waals surface area contributed by atoms with Crippen LogP contribution in [0.25, 0.3) is 22.3 Å². The number of hydrogen-bond donors (Lipinski definition) is 0. The highest BCUT2D eigenvalue weighted by Gasteiger charge is 2.45. The zero-order chi connectivity index (χ0) is 28.3. The number of anilines is 5. The second-order valence-electron chi connectivity index (χ2n) is 11.9. The number of para-hydroxylation sites is 3. The molecule has 0 fully saturated rings. The summed E-state index contributed by atoms with van der Waals surface area (Å²) in [6, 6.07) is 51.7. The maximum Gasteiger partial charge on any atom is 0.333 e. The fraction of sp³-hybridized carbons (Fsp3) is 0.100. The molecule has 0 radical (unpaired) electrons. The SMILES string of the molecule is c1ccc(-c2c(N3B4c5ccccc5N(c5ccccc5)c5cccc(c54)-c4ccccc43)ccc3c2CCCC3)cc1. The number of aryl methyl sites for hydroxylation is 1. The topological polar surface area (TPSA) is 6.48 Å². The average Bonchev–Trinajstić information content (AvgIpc) is 3.09. The van der Waals surface area contributed by atoms with Gasteiger partial charge in [-0.1, -0.05) is 103 Å². The van der Waals surface area contributed by atoms with Crippen molar-refractivity contribution >= 4 is 46.2 Å². The van der Waals surface area contributed by atoms with Gasteiger partial charge in [-0.3, -0.25) is 0 Å². The van der Waals surface area contributed by atoms with Gasteiger partial charge in [-0.2, -0.15) is 0 Å². The van der Waals surface area contributed by atoms with Crippen molar-refractivity contribution in [1.82, 2.24) is 0 Å². The van der Waals surface area contributed by atoms with E-state index in [0.717, 1.165) is 12.8 Å². The van der Waals surface area contributed by atoms with Gasteiger partial charge in [0.15, 0.2) is 0 Å². The van der Waals surface area contributed by atoms with E-state index in [1.54, 1.807) is 0 Å². The van der Waals surface area contributed by atoms with Crippen LogP contribution in [0.3, 0.4) is 0 Å². The highest BCUT2D eigenvalue weighted by Crippen LogP contribution is 2.49. The van der Waals surface area contributed by atoms with Crippen LogP contribution in [0.5, 0.6) is 0 Å². The van der Waals surface area contributed by atoms with Gasteiger partial charge in [0.1, 0.15) is 0 Å². The molecule has 0 N–H and O–H groups in total. The summed E-state index contributed by atoms with van der Waals surface area (Å²) in [5.74, 6) is 0. The van der Waals surface area contributed by atoms with Gasteiger partial charge in [-0.05, 0) is 95.3 Å². The van der Waals surface area contributed by atoms with Crippen molar-refractivity contribution in [1.29, 1.82) is 0 Å². The van der Waals surface area contributed by atoms with Crippen molar-refractivity contribution in [3.05, 3.63) is 151 Å². The second-order valence-corrected chi connectivity index (χ2v) is 11.9. The largest absolute Gasteiger partial charge is 0.376 e. The molecule has 0 saturated heterocycles. The molecular weight excluding hydrogens is 519 g/mol. The number of rotatable bonds is 3. The Balaban J connectivity index is 1.38. The van der Waals surface area contributed by atoms with E-state index in [9.17, 15) is 0 Å². The molecule has 0 saturated carbocycles. The number of benzene rings is 6. The second kappa shape index (κ2) is 9.78. The van der Waals surface area contributed by atoms with E-state index < -0.39 is 0 Å². The summed E-state index contributed by atoms with van der Waals surface area (Å²) in [5, 5.41) is 0. The Morgan fingerprint density at radius 2 is 1.16 bits per heavy atom. The quantitative estimate of drug-likeness (QED) is 0.203. The first-order valence-electron chi connectivity index (χ1n) is 15.5. The van der Waals surface area contributed by atoms with Crippen molar-refractivity contribution in [3.8, 4) is 22.3 Å². The minimum absolute atomic E-state index is 0.0429. The van der Waals surface area contributed by atoms with Gasteiger partial charge in [0.25, 0.3) is 0 Å². The van der Waals surface area contributed by atoms with Crippen LogP contribution in [-0.4, -0.2) is 6.85 Å². The summed E-state index contributed by atoms with van der Waals surface area (Å²) >= 11 is 0. The van der Waals surface area contributed by atoms with Gasteiger partial charge in [0.2, 0.25) is 0 Å². The zero-order valence-electron chi connectivity index (χ0n) is 24.1. The first-order chi connectivity index (χ1) is 21.4. The molecule has 43 heavy (non-hydrogen) atoms. The van der Waals surface area contributed by atoms with Crippen LogP contribution in [0, 0.1) is 0 Å². The Morgan fingerprint density at radius 1 is 0.488 bits per heavy atom. The zero-order valence-corrected chi connectivity index (χ0v) is 24.1. The van der Waals surface area contributed by atoms with Crippen LogP contribution in [-0.2, 0) is 12.8 Å². The molecule has 3 aliphatic rings. The van der Waals surface area contributed by atoms with E-state index in [2.05, 4.69) is 149 Å². The Bertz CT molecular complexity index is 2000. The summed E-state index contributed by atoms with van der Waals surface area (Å²) in [6.45, 7) is 0.0429. The fourth-order valence-corrected chi connectivity index (χ4v) is 7.86. The van der Waals surface area contributed by atoms with Gasteiger partial charge in [-0.15, -0.1) is 0 Å². The Labute approximate surface area is 254 Å². The van der Waals surface area contributed by atoms with Gasteiger partial charge < -0.3 is 9.71 Å². The van der Waals surface area contributed by atoms with Crippen LogP contribution < -0.4 is 20.6 Å². The minimum atomic E-state index is 0.0429. The maximum absolute atomic E-state index is 2.67. The molecule has 6 aromatic rings. The molecule has 3 heteroatoms. The van der Waals surface area contributed by atoms with E-state index in [-0.39, 0.29) is 6.85 Å². The summed E-state index contributed by atoms with van der Waals surface area (Å²) in [4.78, 5) is 5.13. The van der Waals surface area contributed by atoms with E-state index in [1.165, 1.54) is 85.6 Å². The molecule has 2 heterocycles. The van der Waals surface area contributed by atoms with Crippen molar-refractivity contribution in [2.24, 2.45) is 0 Å². The molecule has 0 amide bonds. The molecular formula is C40H31BN2. The summed E-state index contributed by atoms with van der Waals surface area (Å²) in [7, 11) is 0. The van der Waals surface area contributed by atoms with Crippen molar-refractivity contribution in [2.75, 3.05) is 9.71 Å². The third kappa shape index (κ3) is 3.68. The average molecular weight is 551 g/mol. The first kappa shape index (κ1) is 24.6. The summed E-state index contributed by atoms with van der Waals surface area (Å²) < 4.78 is 0. The van der Waals surface area contributed by atoms with Gasteiger partial charge in [0.05, 0.1) is 0 Å². The highest BCUT2D eigenvalue weighted by molar-refractivity contribution is 6.93. The third-order valence-electron chi connectivity index (χ3n) is 9.63. The van der Waals surface area contributed by atoms with Crippen LogP contribution >= 0.6 is 0 Å². The Kier molecular flexibility index (Phi) is 5.59. The standard InChI is InChI=1S/C40H31BN2/c1-3-15-29(16-4-1)39-31-19-8-7-14-28(31)26-27-37(39)43-35-23-11-9-20-32(35)33-21-13-25-38-40(33)41(43)34-22-10-12-24-36(34)42(38)30-17-5-2-6-18-30/h1-6,9-13,15-18,20-27H,7-8,14,19H2. The summed E-state index contributed by atoms with van der Waals surface area (Å²) in [5.41, 5.74) is 17.3. The molecule has 2 aliphatic heterocycles. The normalized spacial score (nSPS) is 14.5. The lowest BCUT2D eigenvalue weighted by molar-refractivity contribution is 0.687. The lowest BCUT2D eigenvalue weighted by Crippen LogP contribution is -2.61. The highest BCUT2D eigenvalue weighted by atomic mass is 15.2. The lowest BCUT2D eigenvalue weighted by atomic mass is 9.43. The lowest BCUT2D eigenvalue weighted by Gasteiger charge is -2.46. The fourth-order valence-electron chi connectivity index (χ4n) is 7.86. The molecule has 0 unspecified atom stereocenters. The van der Waals surface area contributed by atoms with Gasteiger partial charge in [0, 0.05) is 39.6 Å². The van der Waals surface area contributed by atoms with Crippen LogP contribution in [0.2, 0.25) is 0 Å². The predicted molar refractivity (Wildman–Crippen MR) is 182 cm³/mol. The number of nitrogens with zero attached hydrogens (tertiary/aromatic N) is 2. The van der Waals surface area contributed by atoms with Crippen molar-refractivity contribution < 1.29 is 0 Å². The van der Waals surface area contributed by atoms with Gasteiger partial charge in [-0.25, -0.2) is 0 Å². The molecule has 0 bridgehead atoms. The Morgan fingerprint density at radius 3 is 2.02 bits per heavy atom. The molecule has 0 atom stereocenters. The molecule has 2 nitrogen and oxygen atoms in total. The molecule has 204 valence electrons. The molecule has 0 spiro atoms. The molecule has 9 rings (SSSR count). The first-order valence-corrected chi connectivity index (χ1v) is 15.5. The van der Waals surface area contributed by atoms with Crippen molar-refractivity contribution in [2.45, 2.75) is 25.7 Å². The molecule has 1 aliphatic carbocycles. The number of hydrogen-bond acceptors (Lipinski definition) is 2. The van der Waals surface area contributed by atoms with Crippen molar-refractivity contribution in [3.63, 3.8) is 0 Å². The smallest absolute Gasteiger partial charge is 0.333 e. The minimum Gasteiger partial charge on any atom is -0.376 e. The van der Waals surface area contributed by atoms with Gasteiger partial charge >= 0.3 is 6.85 Å². The van der Waals surface area contributed by atoms with E-state index >= 15 is 0 Å². The van der Waals surface area contributed by atoms with E-state index in [4.69, 9.17) is 0 Å². The van der Waals surface area contributed by atoms with E-state index in [0.29, 0.717) is 0 Å². The predicted octanol–water partition coefficient (Wildman–Crippen LogP) is 8.94. The maximum atomic E-state index is 2.67. The molecule has 6 aromatic carbocycles. The third-order valence-corrected chi connectivity index (χ3v) is 9.63. The van der Waals surface area contributed by atoms with Crippen LogP contribution in [0.1, 0.15) is 24.0 Å². The van der Waals surface area contributed by atoms with E-state index in [1.807, 2.05) is 0 Å². The van der Waals surface area contributed by atoms with Crippen LogP contribution in [0.15, 0.2) is 140 Å². The van der Waals surface area contributed by atoms with Crippen LogP contribution in [0.4, 0.5) is 28.4 Å². The monoisotopic (exact) mass is 550 g/mol. The number of fused-ring (bicyclic) bond motifs is 5.